The minimum atomic E-state index is -2.51. The molecule has 0 atom stereocenters. The van der Waals surface area contributed by atoms with E-state index in [1.165, 1.54) is 11.0 Å². The molecule has 1 heterocycles. The summed E-state index contributed by atoms with van der Waals surface area (Å²) in [7, 11) is 0. The Balaban J connectivity index is 2.95. The molecule has 96 valence electrons. The third-order valence-electron chi connectivity index (χ3n) is 2.02. The first-order chi connectivity index (χ1) is 8.06. The Bertz CT molecular complexity index is 363. The van der Waals surface area contributed by atoms with Crippen LogP contribution in [0.3, 0.4) is 0 Å². The highest BCUT2D eigenvalue weighted by Crippen LogP contribution is 2.16. The zero-order valence-electron chi connectivity index (χ0n) is 9.40. The number of hydrogen-bond acceptors (Lipinski definition) is 6. The largest absolute Gasteiger partial charge is 0.395 e. The summed E-state index contributed by atoms with van der Waals surface area (Å²) in [5.41, 5.74) is 2.33. The fourth-order valence-corrected chi connectivity index (χ4v) is 1.37. The van der Waals surface area contributed by atoms with E-state index in [2.05, 4.69) is 15.4 Å². The Morgan fingerprint density at radius 2 is 2.24 bits per heavy atom. The first-order valence-electron chi connectivity index (χ1n) is 5.03. The summed E-state index contributed by atoms with van der Waals surface area (Å²) in [5.74, 6) is 6.26. The van der Waals surface area contributed by atoms with Crippen LogP contribution in [0.2, 0.25) is 0 Å². The quantitative estimate of drug-likeness (QED) is 0.489. The number of aliphatic hydroxyl groups excluding tert-OH is 1. The summed E-state index contributed by atoms with van der Waals surface area (Å²) >= 11 is 0. The van der Waals surface area contributed by atoms with Crippen LogP contribution in [0.25, 0.3) is 0 Å². The van der Waals surface area contributed by atoms with Gasteiger partial charge in [-0.15, -0.1) is 0 Å². The van der Waals surface area contributed by atoms with E-state index < -0.39 is 13.0 Å². The Kier molecular flexibility index (Phi) is 4.98. The van der Waals surface area contributed by atoms with Crippen LogP contribution in [0.1, 0.15) is 5.82 Å². The van der Waals surface area contributed by atoms with Gasteiger partial charge in [-0.2, -0.15) is 0 Å². The van der Waals surface area contributed by atoms with Gasteiger partial charge in [0.05, 0.1) is 13.2 Å². The number of alkyl halides is 2. The monoisotopic (exact) mass is 247 g/mol. The maximum atomic E-state index is 12.4. The molecule has 8 heteroatoms. The molecule has 0 bridgehead atoms. The molecule has 1 aromatic heterocycles. The second-order valence-electron chi connectivity index (χ2n) is 3.36. The molecule has 4 N–H and O–H groups in total. The van der Waals surface area contributed by atoms with Crippen molar-refractivity contribution in [2.24, 2.45) is 5.84 Å². The Hall–Kier alpha value is -1.54. The highest BCUT2D eigenvalue weighted by atomic mass is 19.3. The van der Waals surface area contributed by atoms with Crippen LogP contribution in [0.5, 0.6) is 0 Å². The number of hydrogen-bond donors (Lipinski definition) is 3. The number of rotatable bonds is 6. The second kappa shape index (κ2) is 6.26. The summed E-state index contributed by atoms with van der Waals surface area (Å²) in [5, 5.41) is 8.84. The molecule has 0 fully saturated rings. The zero-order chi connectivity index (χ0) is 12.8. The molecule has 0 radical (unpaired) electrons. The third-order valence-corrected chi connectivity index (χ3v) is 2.02. The average molecular weight is 247 g/mol. The highest BCUT2D eigenvalue weighted by Gasteiger charge is 2.14. The summed E-state index contributed by atoms with van der Waals surface area (Å²) < 4.78 is 24.7. The number of nitrogens with one attached hydrogen (secondary N) is 1. The summed E-state index contributed by atoms with van der Waals surface area (Å²) in [6, 6.07) is 1.45. The van der Waals surface area contributed by atoms with Gasteiger partial charge in [0.2, 0.25) is 0 Å². The Labute approximate surface area is 97.4 Å². The summed E-state index contributed by atoms with van der Waals surface area (Å²) in [6.45, 7) is 0.969. The number of anilines is 2. The average Bonchev–Trinajstić information content (AvgIpc) is 2.27. The minimum Gasteiger partial charge on any atom is -0.395 e. The minimum absolute atomic E-state index is 0.0742. The molecule has 0 spiro atoms. The van der Waals surface area contributed by atoms with Crippen molar-refractivity contribution in [3.63, 3.8) is 0 Å². The van der Waals surface area contributed by atoms with Crippen molar-refractivity contribution in [3.8, 4) is 0 Å². The smallest absolute Gasteiger partial charge is 0.255 e. The predicted molar refractivity (Wildman–Crippen MR) is 59.9 cm³/mol. The Morgan fingerprint density at radius 1 is 1.53 bits per heavy atom. The number of hydrazine groups is 1. The maximum absolute atomic E-state index is 12.4. The molecule has 1 rings (SSSR count). The van der Waals surface area contributed by atoms with Gasteiger partial charge in [-0.25, -0.2) is 24.6 Å². The molecule has 0 amide bonds. The molecule has 1 aromatic rings. The Morgan fingerprint density at radius 3 is 2.76 bits per heavy atom. The van der Waals surface area contributed by atoms with Gasteiger partial charge < -0.3 is 15.4 Å². The van der Waals surface area contributed by atoms with Gasteiger partial charge in [-0.1, -0.05) is 0 Å². The van der Waals surface area contributed by atoms with Crippen LogP contribution in [0, 0.1) is 6.92 Å². The van der Waals surface area contributed by atoms with Crippen LogP contribution in [0.4, 0.5) is 20.4 Å². The predicted octanol–water partition coefficient (Wildman–Crippen LogP) is 0.134. The van der Waals surface area contributed by atoms with Crippen molar-refractivity contribution in [2.75, 3.05) is 30.0 Å². The van der Waals surface area contributed by atoms with Gasteiger partial charge in [-0.3, -0.25) is 0 Å². The second-order valence-corrected chi connectivity index (χ2v) is 3.36. The molecule has 0 saturated carbocycles. The topological polar surface area (TPSA) is 87.3 Å². The number of nitrogens with two attached hydrogens (primary N) is 1. The van der Waals surface area contributed by atoms with Crippen LogP contribution in [-0.4, -0.2) is 41.2 Å². The van der Waals surface area contributed by atoms with Crippen molar-refractivity contribution in [3.05, 3.63) is 11.9 Å². The molecule has 17 heavy (non-hydrogen) atoms. The lowest BCUT2D eigenvalue weighted by Gasteiger charge is -2.22. The number of nitrogen functional groups attached to an aromatic ring is 1. The zero-order valence-corrected chi connectivity index (χ0v) is 9.40. The normalized spacial score (nSPS) is 10.7. The molecular weight excluding hydrogens is 232 g/mol. The number of aryl methyl sites for hydroxylation is 1. The number of aliphatic hydroxyl groups is 1. The van der Waals surface area contributed by atoms with Crippen molar-refractivity contribution in [2.45, 2.75) is 13.3 Å². The van der Waals surface area contributed by atoms with Gasteiger partial charge >= 0.3 is 0 Å². The number of halogens is 2. The highest BCUT2D eigenvalue weighted by molar-refractivity contribution is 5.48. The van der Waals surface area contributed by atoms with Gasteiger partial charge in [-0.05, 0) is 6.92 Å². The van der Waals surface area contributed by atoms with Crippen LogP contribution in [-0.2, 0) is 0 Å². The molecule has 6 nitrogen and oxygen atoms in total. The van der Waals surface area contributed by atoms with Crippen molar-refractivity contribution in [1.29, 1.82) is 0 Å². The van der Waals surface area contributed by atoms with E-state index in [0.29, 0.717) is 17.5 Å². The van der Waals surface area contributed by atoms with Crippen molar-refractivity contribution >= 4 is 11.6 Å². The van der Waals surface area contributed by atoms with Gasteiger partial charge in [0.1, 0.15) is 17.5 Å². The number of nitrogens with zero attached hydrogens (tertiary/aromatic N) is 3. The summed E-state index contributed by atoms with van der Waals surface area (Å²) in [6.07, 6.45) is -2.51. The molecular formula is C9H15F2N5O. The van der Waals surface area contributed by atoms with Gasteiger partial charge in [0.25, 0.3) is 6.43 Å². The van der Waals surface area contributed by atoms with E-state index in [1.807, 2.05) is 0 Å². The maximum Gasteiger partial charge on any atom is 0.255 e. The third kappa shape index (κ3) is 4.08. The molecule has 0 aliphatic heterocycles. The van der Waals surface area contributed by atoms with E-state index in [1.54, 1.807) is 6.92 Å². The molecule has 0 aliphatic rings. The molecule has 0 aliphatic carbocycles. The lowest BCUT2D eigenvalue weighted by Crippen LogP contribution is -2.32. The van der Waals surface area contributed by atoms with Crippen LogP contribution in [0.15, 0.2) is 6.07 Å². The molecule has 0 unspecified atom stereocenters. The molecule has 0 saturated heterocycles. The number of aromatic nitrogens is 2. The first kappa shape index (κ1) is 13.5. The van der Waals surface area contributed by atoms with Gasteiger partial charge in [0, 0.05) is 12.6 Å². The van der Waals surface area contributed by atoms with Crippen LogP contribution < -0.4 is 16.2 Å². The van der Waals surface area contributed by atoms with Gasteiger partial charge in [0.15, 0.2) is 0 Å². The van der Waals surface area contributed by atoms with E-state index in [0.717, 1.165) is 0 Å². The van der Waals surface area contributed by atoms with Crippen molar-refractivity contribution in [1.82, 2.24) is 9.97 Å². The fraction of sp³-hybridized carbons (Fsp3) is 0.556. The van der Waals surface area contributed by atoms with E-state index in [-0.39, 0.29) is 13.2 Å². The standard InChI is InChI=1S/C9H15F2N5O/c1-6-13-8(15-12)4-9(14-6)16(2-3-17)5-7(10)11/h4,7,17H,2-3,5,12H2,1H3,(H,13,14,15). The lowest BCUT2D eigenvalue weighted by molar-refractivity contribution is 0.152. The SMILES string of the molecule is Cc1nc(NN)cc(N(CCO)CC(F)F)n1. The van der Waals surface area contributed by atoms with Crippen LogP contribution >= 0.6 is 0 Å². The first-order valence-corrected chi connectivity index (χ1v) is 5.03. The summed E-state index contributed by atoms with van der Waals surface area (Å²) in [4.78, 5) is 9.26. The lowest BCUT2D eigenvalue weighted by atomic mass is 10.4. The van der Waals surface area contributed by atoms with E-state index >= 15 is 0 Å². The van der Waals surface area contributed by atoms with E-state index in [4.69, 9.17) is 10.9 Å². The fourth-order valence-electron chi connectivity index (χ4n) is 1.37. The van der Waals surface area contributed by atoms with Crippen molar-refractivity contribution < 1.29 is 13.9 Å². The molecule has 0 aromatic carbocycles. The van der Waals surface area contributed by atoms with E-state index in [9.17, 15) is 8.78 Å².